The fourth-order valence-corrected chi connectivity index (χ4v) is 8.73. The predicted molar refractivity (Wildman–Crippen MR) is 245 cm³/mol. The van der Waals surface area contributed by atoms with E-state index < -0.39 is 0 Å². The third-order valence-electron chi connectivity index (χ3n) is 11.4. The number of benzene rings is 8. The molecule has 0 atom stereocenters. The second kappa shape index (κ2) is 13.9. The van der Waals surface area contributed by atoms with E-state index in [1.54, 1.807) is 6.08 Å². The van der Waals surface area contributed by atoms with E-state index in [4.69, 9.17) is 19.4 Å². The zero-order chi connectivity index (χ0) is 39.5. The quantitative estimate of drug-likeness (QED) is 0.162. The summed E-state index contributed by atoms with van der Waals surface area (Å²) in [5.74, 6) is 2.37. The van der Waals surface area contributed by atoms with E-state index in [1.165, 1.54) is 32.3 Å². The number of rotatable bonds is 7. The molecule has 278 valence electrons. The van der Waals surface area contributed by atoms with Gasteiger partial charge in [-0.05, 0) is 69.9 Å². The molecule has 0 fully saturated rings. The first kappa shape index (κ1) is 34.4. The molecule has 0 aliphatic rings. The summed E-state index contributed by atoms with van der Waals surface area (Å²) in [6, 6.07) is 61.5. The molecule has 0 bridgehead atoms. The molecule has 0 saturated carbocycles. The Hall–Kier alpha value is -7.89. The predicted octanol–water partition coefficient (Wildman–Crippen LogP) is 14.1. The van der Waals surface area contributed by atoms with Crippen LogP contribution in [0.25, 0.3) is 106 Å². The third-order valence-corrected chi connectivity index (χ3v) is 11.4. The van der Waals surface area contributed by atoms with Gasteiger partial charge in [-0.3, -0.25) is 0 Å². The molecule has 0 radical (unpaired) electrons. The smallest absolute Gasteiger partial charge is 0.164 e. The van der Waals surface area contributed by atoms with Crippen molar-refractivity contribution in [3.8, 4) is 39.6 Å². The second-order valence-corrected chi connectivity index (χ2v) is 14.7. The number of hydrogen-bond acceptors (Lipinski definition) is 4. The van der Waals surface area contributed by atoms with E-state index in [0.717, 1.165) is 61.1 Å². The molecule has 3 heterocycles. The van der Waals surface area contributed by atoms with Crippen molar-refractivity contribution < 1.29 is 4.42 Å². The second-order valence-electron chi connectivity index (χ2n) is 14.7. The van der Waals surface area contributed by atoms with Gasteiger partial charge in [0.25, 0.3) is 0 Å². The first-order chi connectivity index (χ1) is 29.2. The van der Waals surface area contributed by atoms with Gasteiger partial charge in [-0.1, -0.05) is 164 Å². The fourth-order valence-electron chi connectivity index (χ4n) is 8.73. The molecule has 0 N–H and O–H groups in total. The van der Waals surface area contributed by atoms with Crippen molar-refractivity contribution >= 4 is 66.0 Å². The molecule has 0 aliphatic carbocycles. The maximum absolute atomic E-state index is 6.90. The highest BCUT2D eigenvalue weighted by atomic mass is 16.3. The van der Waals surface area contributed by atoms with E-state index >= 15 is 0 Å². The van der Waals surface area contributed by atoms with Crippen LogP contribution in [-0.4, -0.2) is 19.5 Å². The summed E-state index contributed by atoms with van der Waals surface area (Å²) in [6.45, 7) is 6.32. The molecule has 11 aromatic rings. The number of aromatic nitrogens is 4. The lowest BCUT2D eigenvalue weighted by molar-refractivity contribution is 0.603. The van der Waals surface area contributed by atoms with Gasteiger partial charge >= 0.3 is 0 Å². The molecular weight excluding hydrogens is 721 g/mol. The molecule has 11 rings (SSSR count). The molecule has 0 saturated heterocycles. The molecule has 0 aliphatic heterocycles. The van der Waals surface area contributed by atoms with Crippen LogP contribution < -0.4 is 0 Å². The molecule has 0 spiro atoms. The van der Waals surface area contributed by atoms with Crippen molar-refractivity contribution in [1.29, 1.82) is 0 Å². The largest absolute Gasteiger partial charge is 0.456 e. The highest BCUT2D eigenvalue weighted by Crippen LogP contribution is 2.46. The minimum Gasteiger partial charge on any atom is -0.456 e. The van der Waals surface area contributed by atoms with E-state index in [-0.39, 0.29) is 0 Å². The standard InChI is InChI=1S/C54H36N4O/c1-3-40(54-56-52(37-22-10-6-11-23-37)55-53(57-54)38-24-12-7-13-25-38)50-46(4-2)59-47-33-39(34-18-8-5-9-19-34)32-45(51(47)50)58-43-30-28-35-20-14-16-26-41(35)48(43)49-42-27-17-15-21-36(42)29-31-44(49)58/h3-33H,2H2,1H3/b40-3+. The number of allylic oxidation sites excluding steroid dienone is 1. The minimum absolute atomic E-state index is 0.545. The third kappa shape index (κ3) is 5.58. The number of fused-ring (bicyclic) bond motifs is 8. The van der Waals surface area contributed by atoms with Crippen molar-refractivity contribution in [2.45, 2.75) is 6.92 Å². The Morgan fingerprint density at radius 3 is 1.56 bits per heavy atom. The molecule has 3 aromatic heterocycles. The summed E-state index contributed by atoms with van der Waals surface area (Å²) in [4.78, 5) is 15.4. The Bertz CT molecular complexity index is 3300. The molecule has 5 heteroatoms. The van der Waals surface area contributed by atoms with Crippen LogP contribution in [0.4, 0.5) is 0 Å². The van der Waals surface area contributed by atoms with E-state index in [2.05, 4.69) is 126 Å². The topological polar surface area (TPSA) is 56.7 Å². The SMILES string of the molecule is C=Cc1oc2cc(-c3ccccc3)cc(-n3c4ccc5ccccc5c4c4c5ccccc5ccc43)c2c1/C(=C\C)c1nc(-c2ccccc2)nc(-c2ccccc2)n1. The highest BCUT2D eigenvalue weighted by molar-refractivity contribution is 6.29. The number of hydrogen-bond donors (Lipinski definition) is 0. The van der Waals surface area contributed by atoms with Gasteiger partial charge < -0.3 is 8.98 Å². The van der Waals surface area contributed by atoms with Crippen LogP contribution in [0.2, 0.25) is 0 Å². The summed E-state index contributed by atoms with van der Waals surface area (Å²) in [5, 5.41) is 8.18. The van der Waals surface area contributed by atoms with Crippen LogP contribution in [-0.2, 0) is 0 Å². The maximum atomic E-state index is 6.90. The maximum Gasteiger partial charge on any atom is 0.164 e. The van der Waals surface area contributed by atoms with Gasteiger partial charge in [-0.25, -0.2) is 15.0 Å². The molecular formula is C54H36N4O. The average molecular weight is 757 g/mol. The lowest BCUT2D eigenvalue weighted by atomic mass is 9.96. The molecule has 0 unspecified atom stereocenters. The monoisotopic (exact) mass is 756 g/mol. The molecule has 8 aromatic carbocycles. The van der Waals surface area contributed by atoms with E-state index in [1.807, 2.05) is 73.7 Å². The van der Waals surface area contributed by atoms with E-state index in [9.17, 15) is 0 Å². The Balaban J connectivity index is 1.27. The van der Waals surface area contributed by atoms with Gasteiger partial charge in [0, 0.05) is 33.0 Å². The summed E-state index contributed by atoms with van der Waals surface area (Å²) in [7, 11) is 0. The Kier molecular flexibility index (Phi) is 8.12. The van der Waals surface area contributed by atoms with Gasteiger partial charge in [-0.2, -0.15) is 0 Å². The van der Waals surface area contributed by atoms with Crippen molar-refractivity contribution in [1.82, 2.24) is 19.5 Å². The molecule has 0 amide bonds. The van der Waals surface area contributed by atoms with Crippen LogP contribution in [0.5, 0.6) is 0 Å². The summed E-state index contributed by atoms with van der Waals surface area (Å²) in [6.07, 6.45) is 3.88. The van der Waals surface area contributed by atoms with Crippen LogP contribution in [0.3, 0.4) is 0 Å². The van der Waals surface area contributed by atoms with Crippen LogP contribution >= 0.6 is 0 Å². The summed E-state index contributed by atoms with van der Waals surface area (Å²) < 4.78 is 9.33. The zero-order valence-corrected chi connectivity index (χ0v) is 32.3. The Morgan fingerprint density at radius 1 is 0.525 bits per heavy atom. The Morgan fingerprint density at radius 2 is 1.03 bits per heavy atom. The average Bonchev–Trinajstić information content (AvgIpc) is 3.86. The van der Waals surface area contributed by atoms with Gasteiger partial charge in [0.15, 0.2) is 17.5 Å². The molecule has 5 nitrogen and oxygen atoms in total. The van der Waals surface area contributed by atoms with E-state index in [0.29, 0.717) is 23.2 Å². The fraction of sp³-hybridized carbons (Fsp3) is 0.0185. The summed E-state index contributed by atoms with van der Waals surface area (Å²) >= 11 is 0. The Labute approximate surface area is 340 Å². The van der Waals surface area contributed by atoms with Crippen LogP contribution in [0.1, 0.15) is 24.1 Å². The van der Waals surface area contributed by atoms with Crippen LogP contribution in [0, 0.1) is 0 Å². The van der Waals surface area contributed by atoms with Gasteiger partial charge in [0.2, 0.25) is 0 Å². The van der Waals surface area contributed by atoms with Crippen molar-refractivity contribution in [3.05, 3.63) is 206 Å². The van der Waals surface area contributed by atoms with Gasteiger partial charge in [0.1, 0.15) is 11.3 Å². The summed E-state index contributed by atoms with van der Waals surface area (Å²) in [5.41, 5.74) is 9.57. The van der Waals surface area contributed by atoms with Crippen LogP contribution in [0.15, 0.2) is 193 Å². The lowest BCUT2D eigenvalue weighted by Gasteiger charge is -2.15. The number of nitrogens with zero attached hydrogens (tertiary/aromatic N) is 4. The van der Waals surface area contributed by atoms with Gasteiger partial charge in [0.05, 0.1) is 22.1 Å². The minimum atomic E-state index is 0.545. The highest BCUT2D eigenvalue weighted by Gasteiger charge is 2.27. The zero-order valence-electron chi connectivity index (χ0n) is 32.3. The lowest BCUT2D eigenvalue weighted by Crippen LogP contribution is -2.05. The van der Waals surface area contributed by atoms with Crippen molar-refractivity contribution in [2.75, 3.05) is 0 Å². The normalized spacial score (nSPS) is 12.0. The van der Waals surface area contributed by atoms with Crippen molar-refractivity contribution in [3.63, 3.8) is 0 Å². The first-order valence-corrected chi connectivity index (χ1v) is 19.8. The van der Waals surface area contributed by atoms with Crippen molar-refractivity contribution in [2.24, 2.45) is 0 Å². The van der Waals surface area contributed by atoms with Gasteiger partial charge in [-0.15, -0.1) is 0 Å². The molecule has 59 heavy (non-hydrogen) atoms. The number of furan rings is 1. The first-order valence-electron chi connectivity index (χ1n) is 19.8.